The summed E-state index contributed by atoms with van der Waals surface area (Å²) in [5, 5.41) is 3.24. The number of Topliss-reactive ketones (excluding diaryl/α,β-unsaturated/α-hetero) is 1. The van der Waals surface area contributed by atoms with Crippen LogP contribution in [0.1, 0.15) is 49.0 Å². The van der Waals surface area contributed by atoms with E-state index in [1.807, 2.05) is 53.4 Å². The van der Waals surface area contributed by atoms with E-state index in [4.69, 9.17) is 0 Å². The van der Waals surface area contributed by atoms with Gasteiger partial charge in [-0.1, -0.05) is 93.1 Å². The predicted octanol–water partition coefficient (Wildman–Crippen LogP) is 4.58. The van der Waals surface area contributed by atoms with Gasteiger partial charge >= 0.3 is 0 Å². The van der Waals surface area contributed by atoms with Gasteiger partial charge in [-0.05, 0) is 30.9 Å². The predicted molar refractivity (Wildman–Crippen MR) is 122 cm³/mol. The molecule has 0 unspecified atom stereocenters. The Bertz CT molecular complexity index is 848. The van der Waals surface area contributed by atoms with Gasteiger partial charge in [0.2, 0.25) is 5.91 Å². The van der Waals surface area contributed by atoms with Gasteiger partial charge in [0.25, 0.3) is 0 Å². The highest BCUT2D eigenvalue weighted by Crippen LogP contribution is 2.20. The number of hydrogen-bond acceptors (Lipinski definition) is 3. The standard InChI is InChI=1S/C26H32N2O2/c1-3-20(2)23(17-16-21-11-6-4-7-12-21)27-26(30)24-15-10-18-28(24)19-25(29)22-13-8-5-9-14-22/h4-9,11-14,16-17,20,23-24H,3,10,15,18-19H2,1-2H3,(H,27,30)/b17-16+/t20-,23+,24-/m0/s1. The van der Waals surface area contributed by atoms with E-state index in [9.17, 15) is 9.59 Å². The Hall–Kier alpha value is -2.72. The van der Waals surface area contributed by atoms with Gasteiger partial charge in [-0.15, -0.1) is 0 Å². The van der Waals surface area contributed by atoms with Crippen LogP contribution in [-0.4, -0.2) is 41.8 Å². The molecule has 2 aromatic carbocycles. The number of nitrogens with zero attached hydrogens (tertiary/aromatic N) is 1. The molecule has 1 aliphatic heterocycles. The van der Waals surface area contributed by atoms with Crippen LogP contribution >= 0.6 is 0 Å². The topological polar surface area (TPSA) is 49.4 Å². The first-order chi connectivity index (χ1) is 14.6. The molecule has 4 nitrogen and oxygen atoms in total. The highest BCUT2D eigenvalue weighted by atomic mass is 16.2. The number of amides is 1. The fraction of sp³-hybridized carbons (Fsp3) is 0.385. The number of carbonyl (C=O) groups is 2. The molecule has 1 fully saturated rings. The first-order valence-electron chi connectivity index (χ1n) is 10.9. The van der Waals surface area contributed by atoms with Gasteiger partial charge in [0.05, 0.1) is 18.6 Å². The largest absolute Gasteiger partial charge is 0.348 e. The van der Waals surface area contributed by atoms with Crippen molar-refractivity contribution in [2.24, 2.45) is 5.92 Å². The van der Waals surface area contributed by atoms with Crippen molar-refractivity contribution >= 4 is 17.8 Å². The molecule has 0 saturated carbocycles. The van der Waals surface area contributed by atoms with Crippen molar-refractivity contribution in [1.29, 1.82) is 0 Å². The van der Waals surface area contributed by atoms with E-state index in [2.05, 4.69) is 43.4 Å². The van der Waals surface area contributed by atoms with Crippen LogP contribution in [0.5, 0.6) is 0 Å². The lowest BCUT2D eigenvalue weighted by molar-refractivity contribution is -0.126. The van der Waals surface area contributed by atoms with Gasteiger partial charge in [0.1, 0.15) is 0 Å². The molecule has 158 valence electrons. The van der Waals surface area contributed by atoms with Crippen LogP contribution < -0.4 is 5.32 Å². The molecule has 30 heavy (non-hydrogen) atoms. The Morgan fingerprint density at radius 3 is 2.43 bits per heavy atom. The van der Waals surface area contributed by atoms with Gasteiger partial charge in [0, 0.05) is 5.56 Å². The molecule has 0 aromatic heterocycles. The summed E-state index contributed by atoms with van der Waals surface area (Å²) in [5.41, 5.74) is 1.82. The first-order valence-corrected chi connectivity index (χ1v) is 10.9. The summed E-state index contributed by atoms with van der Waals surface area (Å²) in [6, 6.07) is 19.2. The van der Waals surface area contributed by atoms with Crippen molar-refractivity contribution in [1.82, 2.24) is 10.2 Å². The molecular formula is C26H32N2O2. The van der Waals surface area contributed by atoms with Crippen molar-refractivity contribution in [3.63, 3.8) is 0 Å². The first kappa shape index (κ1) is 22.0. The maximum atomic E-state index is 13.1. The van der Waals surface area contributed by atoms with Crippen LogP contribution in [0.2, 0.25) is 0 Å². The van der Waals surface area contributed by atoms with Gasteiger partial charge < -0.3 is 5.32 Å². The second-order valence-corrected chi connectivity index (χ2v) is 8.11. The van der Waals surface area contributed by atoms with Gasteiger partial charge in [-0.3, -0.25) is 14.5 Å². The van der Waals surface area contributed by atoms with Crippen molar-refractivity contribution in [2.75, 3.05) is 13.1 Å². The van der Waals surface area contributed by atoms with Gasteiger partial charge in [-0.25, -0.2) is 0 Å². The van der Waals surface area contributed by atoms with E-state index in [1.54, 1.807) is 0 Å². The quantitative estimate of drug-likeness (QED) is 0.623. The molecule has 4 heteroatoms. The van der Waals surface area contributed by atoms with Crippen LogP contribution in [0.3, 0.4) is 0 Å². The second kappa shape index (κ2) is 10.9. The molecule has 3 rings (SSSR count). The molecule has 1 aliphatic rings. The molecule has 1 heterocycles. The zero-order valence-electron chi connectivity index (χ0n) is 18.0. The number of nitrogens with one attached hydrogen (secondary N) is 1. The Balaban J connectivity index is 1.65. The fourth-order valence-corrected chi connectivity index (χ4v) is 3.89. The average molecular weight is 405 g/mol. The minimum Gasteiger partial charge on any atom is -0.348 e. The molecule has 0 bridgehead atoms. The highest BCUT2D eigenvalue weighted by molar-refractivity contribution is 5.98. The lowest BCUT2D eigenvalue weighted by atomic mass is 9.97. The molecule has 1 saturated heterocycles. The summed E-state index contributed by atoms with van der Waals surface area (Å²) in [6.45, 7) is 5.37. The van der Waals surface area contributed by atoms with Gasteiger partial charge in [-0.2, -0.15) is 0 Å². The summed E-state index contributed by atoms with van der Waals surface area (Å²) < 4.78 is 0. The van der Waals surface area contributed by atoms with Crippen LogP contribution in [0.25, 0.3) is 6.08 Å². The summed E-state index contributed by atoms with van der Waals surface area (Å²) in [5.74, 6) is 0.420. The summed E-state index contributed by atoms with van der Waals surface area (Å²) in [7, 11) is 0. The minimum absolute atomic E-state index is 0.0244. The maximum Gasteiger partial charge on any atom is 0.237 e. The third-order valence-electron chi connectivity index (χ3n) is 5.97. The Morgan fingerprint density at radius 2 is 1.77 bits per heavy atom. The zero-order valence-corrected chi connectivity index (χ0v) is 18.0. The number of ketones is 1. The van der Waals surface area contributed by atoms with Crippen molar-refractivity contribution in [2.45, 2.75) is 45.2 Å². The fourth-order valence-electron chi connectivity index (χ4n) is 3.89. The summed E-state index contributed by atoms with van der Waals surface area (Å²) in [4.78, 5) is 27.8. The summed E-state index contributed by atoms with van der Waals surface area (Å²) in [6.07, 6.45) is 6.88. The summed E-state index contributed by atoms with van der Waals surface area (Å²) >= 11 is 0. The molecule has 0 radical (unpaired) electrons. The van der Waals surface area contributed by atoms with Crippen LogP contribution in [0.15, 0.2) is 66.7 Å². The third kappa shape index (κ3) is 5.90. The molecular weight excluding hydrogens is 372 g/mol. The SMILES string of the molecule is CC[C@H](C)[C@@H](/C=C/c1ccccc1)NC(=O)[C@@H]1CCCN1CC(=O)c1ccccc1. The van der Waals surface area contributed by atoms with Crippen LogP contribution in [0.4, 0.5) is 0 Å². The van der Waals surface area contributed by atoms with Crippen molar-refractivity contribution in [3.05, 3.63) is 77.9 Å². The zero-order chi connectivity index (χ0) is 21.3. The van der Waals surface area contributed by atoms with Crippen molar-refractivity contribution in [3.8, 4) is 0 Å². The lowest BCUT2D eigenvalue weighted by Gasteiger charge is -2.27. The smallest absolute Gasteiger partial charge is 0.237 e. The average Bonchev–Trinajstić information content (AvgIpc) is 3.25. The Kier molecular flexibility index (Phi) is 7.97. The van der Waals surface area contributed by atoms with Crippen LogP contribution in [-0.2, 0) is 4.79 Å². The van der Waals surface area contributed by atoms with Crippen molar-refractivity contribution < 1.29 is 9.59 Å². The number of benzene rings is 2. The third-order valence-corrected chi connectivity index (χ3v) is 5.97. The number of hydrogen-bond donors (Lipinski definition) is 1. The van der Waals surface area contributed by atoms with E-state index in [-0.39, 0.29) is 30.3 Å². The van der Waals surface area contributed by atoms with E-state index < -0.39 is 0 Å². The molecule has 2 aromatic rings. The number of likely N-dealkylation sites (tertiary alicyclic amines) is 1. The van der Waals surface area contributed by atoms with Crippen LogP contribution in [0, 0.1) is 5.92 Å². The van der Waals surface area contributed by atoms with E-state index in [0.29, 0.717) is 11.5 Å². The molecule has 3 atom stereocenters. The van der Waals surface area contributed by atoms with E-state index >= 15 is 0 Å². The monoisotopic (exact) mass is 404 g/mol. The Morgan fingerprint density at radius 1 is 1.10 bits per heavy atom. The second-order valence-electron chi connectivity index (χ2n) is 8.11. The van der Waals surface area contributed by atoms with E-state index in [0.717, 1.165) is 31.4 Å². The van der Waals surface area contributed by atoms with E-state index in [1.165, 1.54) is 0 Å². The van der Waals surface area contributed by atoms with Gasteiger partial charge in [0.15, 0.2) is 5.78 Å². The molecule has 0 aliphatic carbocycles. The number of carbonyl (C=O) groups excluding carboxylic acids is 2. The maximum absolute atomic E-state index is 13.1. The Labute approximate surface area is 180 Å². The number of rotatable bonds is 9. The minimum atomic E-state index is -0.241. The normalized spacial score (nSPS) is 18.9. The molecule has 1 N–H and O–H groups in total. The molecule has 1 amide bonds. The molecule has 0 spiro atoms. The lowest BCUT2D eigenvalue weighted by Crippen LogP contribution is -2.49. The highest BCUT2D eigenvalue weighted by Gasteiger charge is 2.33.